The number of amides is 1. The molecule has 1 aromatic carbocycles. The Hall–Kier alpha value is -1.59. The lowest BCUT2D eigenvalue weighted by molar-refractivity contribution is 0.0951. The topological polar surface area (TPSA) is 64.6 Å². The Bertz CT molecular complexity index is 484. The quantitative estimate of drug-likeness (QED) is 0.606. The second kappa shape index (κ2) is 11.0. The molecular weight excluding hydrogens is 302 g/mol. The maximum atomic E-state index is 11.9. The van der Waals surface area contributed by atoms with E-state index in [1.165, 1.54) is 6.07 Å². The van der Waals surface area contributed by atoms with E-state index in [2.05, 4.69) is 43.4 Å². The molecule has 0 atom stereocenters. The molecule has 0 saturated carbocycles. The first-order chi connectivity index (χ1) is 10.8. The van der Waals surface area contributed by atoms with Crippen LogP contribution in [0.5, 0.6) is 5.75 Å². The van der Waals surface area contributed by atoms with E-state index in [0.29, 0.717) is 12.1 Å². The summed E-state index contributed by atoms with van der Waals surface area (Å²) in [5.74, 6) is -0.0285. The van der Waals surface area contributed by atoms with Crippen molar-refractivity contribution in [2.75, 3.05) is 33.2 Å². The molecule has 138 valence electrons. The lowest BCUT2D eigenvalue weighted by atomic mass is 10.1. The Morgan fingerprint density at radius 3 is 2.38 bits per heavy atom. The van der Waals surface area contributed by atoms with Crippen molar-refractivity contribution >= 4 is 5.91 Å². The van der Waals surface area contributed by atoms with Gasteiger partial charge in [-0.05, 0) is 78.5 Å². The molecule has 0 spiro atoms. The molecule has 5 nitrogen and oxygen atoms in total. The number of rotatable bonds is 9. The van der Waals surface area contributed by atoms with Crippen molar-refractivity contribution in [1.29, 1.82) is 0 Å². The van der Waals surface area contributed by atoms with Gasteiger partial charge in [-0.1, -0.05) is 13.5 Å². The maximum absolute atomic E-state index is 11.9. The Labute approximate surface area is 147 Å². The first kappa shape index (κ1) is 22.4. The highest BCUT2D eigenvalue weighted by atomic mass is 16.3. The van der Waals surface area contributed by atoms with Crippen LogP contribution in [0.3, 0.4) is 0 Å². The Balaban J connectivity index is 0.00000529. The zero-order valence-corrected chi connectivity index (χ0v) is 14.9. The summed E-state index contributed by atoms with van der Waals surface area (Å²) in [6.45, 7) is 10.2. The fourth-order valence-electron chi connectivity index (χ4n) is 2.22. The minimum atomic E-state index is -0.141. The molecule has 0 heterocycles. The average molecular weight is 338 g/mol. The number of carbonyl (C=O) groups excluding carboxylic acids is 1. The number of benzene rings is 1. The van der Waals surface area contributed by atoms with Crippen LogP contribution in [-0.4, -0.2) is 54.7 Å². The van der Waals surface area contributed by atoms with Crippen LogP contribution in [0.4, 0.5) is 0 Å². The predicted molar refractivity (Wildman–Crippen MR) is 102 cm³/mol. The van der Waals surface area contributed by atoms with Crippen LogP contribution in [0.2, 0.25) is 0 Å². The van der Waals surface area contributed by atoms with Gasteiger partial charge in [0.1, 0.15) is 5.75 Å². The molecule has 1 amide bonds. The zero-order valence-electron chi connectivity index (χ0n) is 14.9. The summed E-state index contributed by atoms with van der Waals surface area (Å²) in [4.78, 5) is 14.2. The van der Waals surface area contributed by atoms with E-state index in [1.54, 1.807) is 18.2 Å². The maximum Gasteiger partial charge on any atom is 0.251 e. The molecule has 5 heteroatoms. The number of carbonyl (C=O) groups is 1. The van der Waals surface area contributed by atoms with Gasteiger partial charge in [0.15, 0.2) is 0 Å². The molecule has 0 aliphatic heterocycles. The van der Waals surface area contributed by atoms with Crippen molar-refractivity contribution in [2.45, 2.75) is 46.6 Å². The van der Waals surface area contributed by atoms with Gasteiger partial charge < -0.3 is 20.6 Å². The van der Waals surface area contributed by atoms with Crippen LogP contribution in [0, 0.1) is 0 Å². The molecule has 24 heavy (non-hydrogen) atoms. The van der Waals surface area contributed by atoms with Gasteiger partial charge in [0, 0.05) is 17.6 Å². The van der Waals surface area contributed by atoms with Crippen LogP contribution in [0.1, 0.15) is 51.4 Å². The van der Waals surface area contributed by atoms with E-state index >= 15 is 0 Å². The summed E-state index contributed by atoms with van der Waals surface area (Å²) in [5.41, 5.74) is 0.668. The number of aromatic hydroxyl groups is 1. The smallest absolute Gasteiger partial charge is 0.251 e. The molecule has 3 N–H and O–H groups in total. The highest BCUT2D eigenvalue weighted by Gasteiger charge is 2.08. The number of hydrogen-bond donors (Lipinski definition) is 3. The van der Waals surface area contributed by atoms with Crippen molar-refractivity contribution in [2.24, 2.45) is 0 Å². The minimum absolute atomic E-state index is 0. The van der Waals surface area contributed by atoms with Crippen molar-refractivity contribution in [3.05, 3.63) is 29.8 Å². The van der Waals surface area contributed by atoms with Gasteiger partial charge in [0.2, 0.25) is 0 Å². The molecule has 0 aliphatic carbocycles. The van der Waals surface area contributed by atoms with Gasteiger partial charge in [-0.2, -0.15) is 0 Å². The fourth-order valence-corrected chi connectivity index (χ4v) is 2.22. The average Bonchev–Trinajstić information content (AvgIpc) is 2.47. The Morgan fingerprint density at radius 2 is 1.79 bits per heavy atom. The second-order valence-corrected chi connectivity index (χ2v) is 6.99. The lowest BCUT2D eigenvalue weighted by Gasteiger charge is -2.22. The predicted octanol–water partition coefficient (Wildman–Crippen LogP) is 2.86. The summed E-state index contributed by atoms with van der Waals surface area (Å²) in [7, 11) is 2.11. The van der Waals surface area contributed by atoms with Gasteiger partial charge in [-0.25, -0.2) is 0 Å². The molecule has 0 aromatic heterocycles. The van der Waals surface area contributed by atoms with Crippen molar-refractivity contribution in [3.63, 3.8) is 0 Å². The van der Waals surface area contributed by atoms with Gasteiger partial charge in [-0.15, -0.1) is 0 Å². The van der Waals surface area contributed by atoms with Crippen LogP contribution in [-0.2, 0) is 0 Å². The highest BCUT2D eigenvalue weighted by molar-refractivity contribution is 5.94. The highest BCUT2D eigenvalue weighted by Crippen LogP contribution is 2.10. The number of hydrogen-bond acceptors (Lipinski definition) is 4. The van der Waals surface area contributed by atoms with Crippen molar-refractivity contribution in [3.8, 4) is 5.75 Å². The monoisotopic (exact) mass is 337 g/mol. The zero-order chi connectivity index (χ0) is 17.3. The molecule has 0 unspecified atom stereocenters. The largest absolute Gasteiger partial charge is 0.508 e. The lowest BCUT2D eigenvalue weighted by Crippen LogP contribution is -2.37. The summed E-state index contributed by atoms with van der Waals surface area (Å²) in [6, 6.07) is 6.40. The van der Waals surface area contributed by atoms with E-state index in [9.17, 15) is 9.90 Å². The number of nitrogens with zero attached hydrogens (tertiary/aromatic N) is 1. The molecule has 0 aliphatic rings. The first-order valence-electron chi connectivity index (χ1n) is 8.29. The van der Waals surface area contributed by atoms with Crippen LogP contribution in [0.15, 0.2) is 24.3 Å². The van der Waals surface area contributed by atoms with Gasteiger partial charge in [0.05, 0.1) is 0 Å². The van der Waals surface area contributed by atoms with Crippen LogP contribution in [0.25, 0.3) is 0 Å². The molecule has 1 rings (SSSR count). The SMILES string of the molecule is C.CN(CCCNC(=O)c1cccc(O)c1)CCCNC(C)(C)C. The normalized spacial score (nSPS) is 11.2. The second-order valence-electron chi connectivity index (χ2n) is 6.99. The van der Waals surface area contributed by atoms with E-state index in [0.717, 1.165) is 32.5 Å². The molecule has 1 aromatic rings. The van der Waals surface area contributed by atoms with Gasteiger partial charge >= 0.3 is 0 Å². The molecule has 0 saturated heterocycles. The number of phenols is 1. The van der Waals surface area contributed by atoms with Gasteiger partial charge in [-0.3, -0.25) is 4.79 Å². The van der Waals surface area contributed by atoms with E-state index in [-0.39, 0.29) is 24.6 Å². The van der Waals surface area contributed by atoms with Crippen molar-refractivity contribution < 1.29 is 9.90 Å². The summed E-state index contributed by atoms with van der Waals surface area (Å²) >= 11 is 0. The third-order valence-electron chi connectivity index (χ3n) is 3.48. The summed E-state index contributed by atoms with van der Waals surface area (Å²) < 4.78 is 0. The minimum Gasteiger partial charge on any atom is -0.508 e. The Kier molecular flexibility index (Phi) is 10.3. The third kappa shape index (κ3) is 10.2. The van der Waals surface area contributed by atoms with E-state index in [1.807, 2.05) is 0 Å². The first-order valence-corrected chi connectivity index (χ1v) is 8.29. The van der Waals surface area contributed by atoms with Gasteiger partial charge in [0.25, 0.3) is 5.91 Å². The molecule has 0 fully saturated rings. The van der Waals surface area contributed by atoms with E-state index in [4.69, 9.17) is 0 Å². The van der Waals surface area contributed by atoms with Crippen molar-refractivity contribution in [1.82, 2.24) is 15.5 Å². The number of phenolic OH excluding ortho intramolecular Hbond substituents is 1. The van der Waals surface area contributed by atoms with Crippen LogP contribution >= 0.6 is 0 Å². The van der Waals surface area contributed by atoms with E-state index < -0.39 is 0 Å². The standard InChI is InChI=1S/C18H31N3O2.CH4/c1-18(2,3)20-11-7-13-21(4)12-6-10-19-17(23)15-8-5-9-16(22)14-15;/h5,8-9,14,20,22H,6-7,10-13H2,1-4H3,(H,19,23);1H4. The van der Waals surface area contributed by atoms with Crippen LogP contribution < -0.4 is 10.6 Å². The molecule has 0 radical (unpaired) electrons. The Morgan fingerprint density at radius 1 is 1.17 bits per heavy atom. The number of nitrogens with one attached hydrogen (secondary N) is 2. The fraction of sp³-hybridized carbons (Fsp3) is 0.632. The molecule has 0 bridgehead atoms. The molecular formula is C19H35N3O2. The summed E-state index contributed by atoms with van der Waals surface area (Å²) in [5, 5.41) is 15.7. The third-order valence-corrected chi connectivity index (χ3v) is 3.48. The summed E-state index contributed by atoms with van der Waals surface area (Å²) in [6.07, 6.45) is 2.02.